The molecule has 2 aromatic rings. The van der Waals surface area contributed by atoms with Crippen molar-refractivity contribution in [2.75, 3.05) is 36.4 Å². The molecule has 1 saturated carbocycles. The number of hydrogen-bond acceptors (Lipinski definition) is 3. The molecule has 2 amide bonds. The van der Waals surface area contributed by atoms with Crippen LogP contribution in [0, 0.1) is 5.41 Å². The zero-order valence-electron chi connectivity index (χ0n) is 14.7. The van der Waals surface area contributed by atoms with Crippen molar-refractivity contribution >= 4 is 23.2 Å². The minimum atomic E-state index is -0.856. The van der Waals surface area contributed by atoms with Crippen molar-refractivity contribution < 1.29 is 9.59 Å². The molecule has 0 spiro atoms. The van der Waals surface area contributed by atoms with Gasteiger partial charge in [-0.2, -0.15) is 0 Å². The topological polar surface area (TPSA) is 52.7 Å². The van der Waals surface area contributed by atoms with Crippen LogP contribution in [0.2, 0.25) is 0 Å². The predicted molar refractivity (Wildman–Crippen MR) is 102 cm³/mol. The third-order valence-electron chi connectivity index (χ3n) is 5.31. The maximum atomic E-state index is 13.0. The standard InChI is InChI=1S/C21H23N3O2/c25-19(22-17-7-3-1-4-8-17)21(11-12-21)20(26)24-15-13-23(14-16-24)18-9-5-2-6-10-18/h1-10H,11-16H2,(H,22,25). The van der Waals surface area contributed by atoms with Gasteiger partial charge in [-0.3, -0.25) is 9.59 Å². The number of nitrogens with one attached hydrogen (secondary N) is 1. The fourth-order valence-corrected chi connectivity index (χ4v) is 3.54. The van der Waals surface area contributed by atoms with Crippen molar-refractivity contribution in [3.8, 4) is 0 Å². The van der Waals surface area contributed by atoms with Gasteiger partial charge < -0.3 is 15.1 Å². The van der Waals surface area contributed by atoms with Gasteiger partial charge in [0.05, 0.1) is 0 Å². The molecule has 5 heteroatoms. The quantitative estimate of drug-likeness (QED) is 0.864. The SMILES string of the molecule is O=C(Nc1ccccc1)C1(C(=O)N2CCN(c3ccccc3)CC2)CC1. The lowest BCUT2D eigenvalue weighted by molar-refractivity contribution is -0.142. The predicted octanol–water partition coefficient (Wildman–Crippen LogP) is 2.75. The lowest BCUT2D eigenvalue weighted by Crippen LogP contribution is -2.52. The molecule has 4 rings (SSSR count). The Morgan fingerprint density at radius 1 is 0.808 bits per heavy atom. The molecule has 0 atom stereocenters. The fraction of sp³-hybridized carbons (Fsp3) is 0.333. The minimum Gasteiger partial charge on any atom is -0.368 e. The van der Waals surface area contributed by atoms with E-state index in [1.807, 2.05) is 53.4 Å². The van der Waals surface area contributed by atoms with Crippen molar-refractivity contribution in [3.63, 3.8) is 0 Å². The van der Waals surface area contributed by atoms with E-state index in [0.29, 0.717) is 25.9 Å². The zero-order chi connectivity index (χ0) is 18.0. The minimum absolute atomic E-state index is 0.0151. The number of nitrogens with zero attached hydrogens (tertiary/aromatic N) is 2. The summed E-state index contributed by atoms with van der Waals surface area (Å²) in [4.78, 5) is 29.8. The monoisotopic (exact) mass is 349 g/mol. The van der Waals surface area contributed by atoms with Crippen molar-refractivity contribution in [1.82, 2.24) is 4.90 Å². The number of anilines is 2. The van der Waals surface area contributed by atoms with Gasteiger partial charge in [0, 0.05) is 37.6 Å². The summed E-state index contributed by atoms with van der Waals surface area (Å²) < 4.78 is 0. The molecule has 0 radical (unpaired) electrons. The van der Waals surface area contributed by atoms with Crippen LogP contribution in [0.4, 0.5) is 11.4 Å². The molecule has 0 unspecified atom stereocenters. The molecule has 1 aliphatic heterocycles. The van der Waals surface area contributed by atoms with E-state index in [1.54, 1.807) is 0 Å². The fourth-order valence-electron chi connectivity index (χ4n) is 3.54. The summed E-state index contributed by atoms with van der Waals surface area (Å²) in [5.41, 5.74) is 1.07. The van der Waals surface area contributed by atoms with E-state index in [2.05, 4.69) is 22.3 Å². The first-order valence-corrected chi connectivity index (χ1v) is 9.15. The average Bonchev–Trinajstić information content (AvgIpc) is 3.51. The Morgan fingerprint density at radius 2 is 1.38 bits per heavy atom. The van der Waals surface area contributed by atoms with Crippen molar-refractivity contribution in [1.29, 1.82) is 0 Å². The maximum absolute atomic E-state index is 13.0. The first kappa shape index (κ1) is 16.6. The van der Waals surface area contributed by atoms with E-state index >= 15 is 0 Å². The summed E-state index contributed by atoms with van der Waals surface area (Å²) in [7, 11) is 0. The van der Waals surface area contributed by atoms with Crippen LogP contribution in [0.15, 0.2) is 60.7 Å². The number of amides is 2. The van der Waals surface area contributed by atoms with Crippen LogP contribution in [-0.2, 0) is 9.59 Å². The number of piperazine rings is 1. The summed E-state index contributed by atoms with van der Waals surface area (Å²) in [6.07, 6.45) is 1.28. The molecular formula is C21H23N3O2. The largest absolute Gasteiger partial charge is 0.368 e. The molecule has 26 heavy (non-hydrogen) atoms. The molecule has 1 heterocycles. The molecule has 5 nitrogen and oxygen atoms in total. The van der Waals surface area contributed by atoms with Crippen molar-refractivity contribution in [2.45, 2.75) is 12.8 Å². The Labute approximate surface area is 153 Å². The second kappa shape index (κ2) is 6.83. The summed E-state index contributed by atoms with van der Waals surface area (Å²) in [5.74, 6) is -0.183. The van der Waals surface area contributed by atoms with E-state index in [9.17, 15) is 9.59 Å². The Morgan fingerprint density at radius 3 is 1.96 bits per heavy atom. The smallest absolute Gasteiger partial charge is 0.240 e. The van der Waals surface area contributed by atoms with Gasteiger partial charge >= 0.3 is 0 Å². The van der Waals surface area contributed by atoms with Crippen molar-refractivity contribution in [3.05, 3.63) is 60.7 Å². The molecule has 134 valence electrons. The van der Waals surface area contributed by atoms with E-state index in [-0.39, 0.29) is 11.8 Å². The van der Waals surface area contributed by atoms with Gasteiger partial charge in [0.2, 0.25) is 11.8 Å². The molecule has 0 bridgehead atoms. The van der Waals surface area contributed by atoms with Crippen molar-refractivity contribution in [2.24, 2.45) is 5.41 Å². The van der Waals surface area contributed by atoms with Crippen LogP contribution in [-0.4, -0.2) is 42.9 Å². The van der Waals surface area contributed by atoms with Gasteiger partial charge in [-0.05, 0) is 37.1 Å². The average molecular weight is 349 g/mol. The highest BCUT2D eigenvalue weighted by Crippen LogP contribution is 2.48. The number of para-hydroxylation sites is 2. The maximum Gasteiger partial charge on any atom is 0.240 e. The molecule has 2 aromatic carbocycles. The third-order valence-corrected chi connectivity index (χ3v) is 5.31. The van der Waals surface area contributed by atoms with Gasteiger partial charge in [0.15, 0.2) is 0 Å². The summed E-state index contributed by atoms with van der Waals surface area (Å²) in [6, 6.07) is 19.6. The van der Waals surface area contributed by atoms with E-state index in [1.165, 1.54) is 5.69 Å². The van der Waals surface area contributed by atoms with Gasteiger partial charge in [0.25, 0.3) is 0 Å². The second-order valence-corrected chi connectivity index (χ2v) is 7.02. The number of carbonyl (C=O) groups excluding carboxylic acids is 2. The van der Waals surface area contributed by atoms with E-state index < -0.39 is 5.41 Å². The summed E-state index contributed by atoms with van der Waals surface area (Å²) in [5, 5.41) is 2.90. The zero-order valence-corrected chi connectivity index (χ0v) is 14.7. The lowest BCUT2D eigenvalue weighted by Gasteiger charge is -2.37. The van der Waals surface area contributed by atoms with Crippen LogP contribution in [0.25, 0.3) is 0 Å². The Balaban J connectivity index is 1.38. The number of benzene rings is 2. The molecule has 1 aliphatic carbocycles. The first-order valence-electron chi connectivity index (χ1n) is 9.15. The highest BCUT2D eigenvalue weighted by atomic mass is 16.2. The molecular weight excluding hydrogens is 326 g/mol. The van der Waals surface area contributed by atoms with Crippen LogP contribution in [0.1, 0.15) is 12.8 Å². The first-order chi connectivity index (χ1) is 12.7. The third kappa shape index (κ3) is 3.17. The van der Waals surface area contributed by atoms with Crippen LogP contribution < -0.4 is 10.2 Å². The van der Waals surface area contributed by atoms with Gasteiger partial charge in [-0.15, -0.1) is 0 Å². The van der Waals surface area contributed by atoms with Gasteiger partial charge in [-0.1, -0.05) is 36.4 Å². The molecule has 2 aliphatic rings. The summed E-state index contributed by atoms with van der Waals surface area (Å²) >= 11 is 0. The molecule has 1 saturated heterocycles. The lowest BCUT2D eigenvalue weighted by atomic mass is 10.0. The number of rotatable bonds is 4. The Bertz CT molecular complexity index is 779. The number of hydrogen-bond donors (Lipinski definition) is 1. The van der Waals surface area contributed by atoms with E-state index in [4.69, 9.17) is 0 Å². The highest BCUT2D eigenvalue weighted by Gasteiger charge is 2.58. The van der Waals surface area contributed by atoms with Gasteiger partial charge in [-0.25, -0.2) is 0 Å². The normalized spacial score (nSPS) is 18.3. The van der Waals surface area contributed by atoms with Crippen LogP contribution in [0.5, 0.6) is 0 Å². The highest BCUT2D eigenvalue weighted by molar-refractivity contribution is 6.13. The molecule has 1 N–H and O–H groups in total. The summed E-state index contributed by atoms with van der Waals surface area (Å²) in [6.45, 7) is 2.92. The second-order valence-electron chi connectivity index (χ2n) is 7.02. The molecule has 2 fully saturated rings. The molecule has 0 aromatic heterocycles. The van der Waals surface area contributed by atoms with Crippen LogP contribution in [0.3, 0.4) is 0 Å². The van der Waals surface area contributed by atoms with E-state index in [0.717, 1.165) is 18.8 Å². The Kier molecular flexibility index (Phi) is 4.37. The van der Waals surface area contributed by atoms with Crippen LogP contribution >= 0.6 is 0 Å². The van der Waals surface area contributed by atoms with Gasteiger partial charge in [0.1, 0.15) is 5.41 Å². The Hall–Kier alpha value is -2.82. The number of carbonyl (C=O) groups is 2.